The van der Waals surface area contributed by atoms with Crippen molar-refractivity contribution in [1.82, 2.24) is 20.3 Å². The van der Waals surface area contributed by atoms with Crippen molar-refractivity contribution in [3.8, 4) is 16.9 Å². The molecule has 0 spiro atoms. The van der Waals surface area contributed by atoms with E-state index in [-0.39, 0.29) is 18.1 Å². The van der Waals surface area contributed by atoms with Crippen LogP contribution in [0, 0.1) is 0 Å². The zero-order valence-electron chi connectivity index (χ0n) is 16.1. The summed E-state index contributed by atoms with van der Waals surface area (Å²) in [5, 5.41) is 3.56. The first-order chi connectivity index (χ1) is 14.9. The van der Waals surface area contributed by atoms with Crippen molar-refractivity contribution in [3.63, 3.8) is 0 Å². The molecule has 0 saturated heterocycles. The summed E-state index contributed by atoms with van der Waals surface area (Å²) in [6.45, 7) is 0.366. The first-order valence-electron chi connectivity index (χ1n) is 9.35. The van der Waals surface area contributed by atoms with E-state index >= 15 is 0 Å². The largest absolute Gasteiger partial charge is 0.573 e. The highest BCUT2D eigenvalue weighted by Gasteiger charge is 2.31. The lowest BCUT2D eigenvalue weighted by molar-refractivity contribution is -0.274. The summed E-state index contributed by atoms with van der Waals surface area (Å²) in [7, 11) is 0. The van der Waals surface area contributed by atoms with Gasteiger partial charge in [-0.2, -0.15) is 0 Å². The Labute approximate surface area is 175 Å². The van der Waals surface area contributed by atoms with Gasteiger partial charge < -0.3 is 15.0 Å². The van der Waals surface area contributed by atoms with E-state index in [4.69, 9.17) is 0 Å². The van der Waals surface area contributed by atoms with Gasteiger partial charge in [-0.1, -0.05) is 18.2 Å². The van der Waals surface area contributed by atoms with E-state index in [0.717, 1.165) is 16.5 Å². The van der Waals surface area contributed by atoms with Gasteiger partial charge in [-0.25, -0.2) is 4.98 Å². The number of fused-ring (bicyclic) bond motifs is 1. The molecule has 0 fully saturated rings. The van der Waals surface area contributed by atoms with Crippen LogP contribution in [0.2, 0.25) is 0 Å². The molecule has 0 aliphatic carbocycles. The summed E-state index contributed by atoms with van der Waals surface area (Å²) < 4.78 is 41.5. The van der Waals surface area contributed by atoms with Crippen LogP contribution in [0.4, 0.5) is 13.2 Å². The number of hydrogen-bond acceptors (Lipinski definition) is 4. The van der Waals surface area contributed by atoms with Crippen LogP contribution < -0.4 is 10.1 Å². The number of benzene rings is 1. The van der Waals surface area contributed by atoms with Gasteiger partial charge in [0.05, 0.1) is 6.42 Å². The molecular formula is C22H17F3N4O2. The van der Waals surface area contributed by atoms with E-state index in [1.165, 1.54) is 18.2 Å². The van der Waals surface area contributed by atoms with Crippen molar-refractivity contribution in [2.75, 3.05) is 0 Å². The van der Waals surface area contributed by atoms with Crippen LogP contribution in [0.3, 0.4) is 0 Å². The Morgan fingerprint density at radius 2 is 1.97 bits per heavy atom. The number of carbonyl (C=O) groups is 1. The van der Waals surface area contributed by atoms with Gasteiger partial charge in [0.15, 0.2) is 0 Å². The number of ether oxygens (including phenoxy) is 1. The lowest BCUT2D eigenvalue weighted by atomic mass is 10.0. The fourth-order valence-electron chi connectivity index (χ4n) is 3.17. The molecule has 0 bridgehead atoms. The standard InChI is InChI=1S/C22H17F3N4O2/c23-22(24,25)31-18-5-1-4-15(7-18)16-8-19-17(13-29-21(19)28-12-16)9-20(30)27-11-14-3-2-6-26-10-14/h1-8,10,12-13H,9,11H2,(H,27,30)(H,28,29). The van der Waals surface area contributed by atoms with Crippen molar-refractivity contribution in [1.29, 1.82) is 0 Å². The summed E-state index contributed by atoms with van der Waals surface area (Å²) in [6.07, 6.45) is 1.96. The fraction of sp³-hybridized carbons (Fsp3) is 0.136. The van der Waals surface area contributed by atoms with Crippen molar-refractivity contribution >= 4 is 16.9 Å². The van der Waals surface area contributed by atoms with E-state index in [1.807, 2.05) is 6.07 Å². The first-order valence-corrected chi connectivity index (χ1v) is 9.35. The zero-order valence-corrected chi connectivity index (χ0v) is 16.1. The Balaban J connectivity index is 1.53. The summed E-state index contributed by atoms with van der Waals surface area (Å²) in [5.74, 6) is -0.482. The van der Waals surface area contributed by atoms with Gasteiger partial charge in [-0.15, -0.1) is 13.2 Å². The number of carbonyl (C=O) groups excluding carboxylic acids is 1. The zero-order chi connectivity index (χ0) is 21.8. The molecular weight excluding hydrogens is 409 g/mol. The third-order valence-corrected chi connectivity index (χ3v) is 4.58. The predicted octanol–water partition coefficient (Wildman–Crippen LogP) is 4.38. The van der Waals surface area contributed by atoms with Crippen LogP contribution >= 0.6 is 0 Å². The normalized spacial score (nSPS) is 11.5. The van der Waals surface area contributed by atoms with Gasteiger partial charge in [0.1, 0.15) is 11.4 Å². The molecule has 31 heavy (non-hydrogen) atoms. The van der Waals surface area contributed by atoms with Gasteiger partial charge >= 0.3 is 6.36 Å². The minimum absolute atomic E-state index is 0.128. The van der Waals surface area contributed by atoms with Crippen molar-refractivity contribution < 1.29 is 22.7 Å². The van der Waals surface area contributed by atoms with Gasteiger partial charge in [-0.05, 0) is 41.0 Å². The van der Waals surface area contributed by atoms with Crippen LogP contribution in [0.1, 0.15) is 11.1 Å². The second-order valence-electron chi connectivity index (χ2n) is 6.82. The number of amides is 1. The minimum Gasteiger partial charge on any atom is -0.406 e. The molecule has 9 heteroatoms. The number of nitrogens with one attached hydrogen (secondary N) is 2. The highest BCUT2D eigenvalue weighted by Crippen LogP contribution is 2.29. The molecule has 2 N–H and O–H groups in total. The maximum Gasteiger partial charge on any atom is 0.573 e. The molecule has 0 aliphatic heterocycles. The second kappa shape index (κ2) is 8.47. The summed E-state index contributed by atoms with van der Waals surface area (Å²) in [6, 6.07) is 11.1. The molecule has 0 radical (unpaired) electrons. The first kappa shape index (κ1) is 20.4. The van der Waals surface area contributed by atoms with Gasteiger partial charge in [0.25, 0.3) is 0 Å². The monoisotopic (exact) mass is 426 g/mol. The molecule has 3 heterocycles. The van der Waals surface area contributed by atoms with Crippen LogP contribution in [0.25, 0.3) is 22.2 Å². The van der Waals surface area contributed by atoms with E-state index < -0.39 is 6.36 Å². The number of H-pyrrole nitrogens is 1. The highest BCUT2D eigenvalue weighted by molar-refractivity contribution is 5.89. The van der Waals surface area contributed by atoms with Crippen LogP contribution in [0.15, 0.2) is 67.3 Å². The minimum atomic E-state index is -4.77. The molecule has 0 saturated carbocycles. The Morgan fingerprint density at radius 3 is 2.74 bits per heavy atom. The molecule has 4 rings (SSSR count). The van der Waals surface area contributed by atoms with Crippen molar-refractivity contribution in [3.05, 3.63) is 78.4 Å². The maximum absolute atomic E-state index is 12.5. The molecule has 1 aromatic carbocycles. The number of aromatic nitrogens is 3. The van der Waals surface area contributed by atoms with Gasteiger partial charge in [0, 0.05) is 42.3 Å². The topological polar surface area (TPSA) is 79.9 Å². The summed E-state index contributed by atoms with van der Waals surface area (Å²) >= 11 is 0. The number of alkyl halides is 3. The van der Waals surface area contributed by atoms with Gasteiger partial charge in [-0.3, -0.25) is 9.78 Å². The Bertz CT molecular complexity index is 1210. The number of hydrogen-bond donors (Lipinski definition) is 2. The van der Waals surface area contributed by atoms with Crippen LogP contribution in [-0.2, 0) is 17.8 Å². The third kappa shape index (κ3) is 5.19. The number of nitrogens with zero attached hydrogens (tertiary/aromatic N) is 2. The highest BCUT2D eigenvalue weighted by atomic mass is 19.4. The SMILES string of the molecule is O=C(Cc1c[nH]c2ncc(-c3cccc(OC(F)(F)F)c3)cc12)NCc1cccnc1. The molecule has 4 aromatic rings. The second-order valence-corrected chi connectivity index (χ2v) is 6.82. The van der Waals surface area contributed by atoms with Crippen molar-refractivity contribution in [2.24, 2.45) is 0 Å². The number of halogens is 3. The van der Waals surface area contributed by atoms with Crippen molar-refractivity contribution in [2.45, 2.75) is 19.3 Å². The molecule has 0 aliphatic rings. The Kier molecular flexibility index (Phi) is 5.57. The Hall–Kier alpha value is -3.88. The molecule has 1 amide bonds. The van der Waals surface area contributed by atoms with E-state index in [1.54, 1.807) is 43.0 Å². The van der Waals surface area contributed by atoms with E-state index in [0.29, 0.717) is 23.3 Å². The number of pyridine rings is 2. The quantitative estimate of drug-likeness (QED) is 0.480. The molecule has 6 nitrogen and oxygen atoms in total. The predicted molar refractivity (Wildman–Crippen MR) is 108 cm³/mol. The summed E-state index contributed by atoms with van der Waals surface area (Å²) in [4.78, 5) is 23.7. The third-order valence-electron chi connectivity index (χ3n) is 4.58. The smallest absolute Gasteiger partial charge is 0.406 e. The summed E-state index contributed by atoms with van der Waals surface area (Å²) in [5.41, 5.74) is 3.33. The maximum atomic E-state index is 12.5. The fourth-order valence-corrected chi connectivity index (χ4v) is 3.17. The lowest BCUT2D eigenvalue weighted by Gasteiger charge is -2.10. The molecule has 3 aromatic heterocycles. The molecule has 0 unspecified atom stereocenters. The van der Waals surface area contributed by atoms with Gasteiger partial charge in [0.2, 0.25) is 5.91 Å². The average molecular weight is 426 g/mol. The lowest BCUT2D eigenvalue weighted by Crippen LogP contribution is -2.24. The molecule has 0 atom stereocenters. The average Bonchev–Trinajstić information content (AvgIpc) is 3.14. The van der Waals surface area contributed by atoms with E-state index in [9.17, 15) is 18.0 Å². The number of aromatic amines is 1. The van der Waals surface area contributed by atoms with Crippen LogP contribution in [-0.4, -0.2) is 27.2 Å². The van der Waals surface area contributed by atoms with E-state index in [2.05, 4.69) is 25.0 Å². The Morgan fingerprint density at radius 1 is 1.10 bits per heavy atom. The number of rotatable bonds is 6. The van der Waals surface area contributed by atoms with Crippen LogP contribution in [0.5, 0.6) is 5.75 Å². The molecule has 158 valence electrons.